The van der Waals surface area contributed by atoms with Crippen molar-refractivity contribution in [2.24, 2.45) is 5.92 Å². The lowest BCUT2D eigenvalue weighted by molar-refractivity contribution is -0.122. The van der Waals surface area contributed by atoms with Gasteiger partial charge >= 0.3 is 0 Å². The van der Waals surface area contributed by atoms with Crippen molar-refractivity contribution in [3.05, 3.63) is 77.6 Å². The van der Waals surface area contributed by atoms with E-state index in [0.29, 0.717) is 12.1 Å². The summed E-state index contributed by atoms with van der Waals surface area (Å²) in [6, 6.07) is 14.9. The maximum absolute atomic E-state index is 12.4. The first-order chi connectivity index (χ1) is 13.6. The monoisotopic (exact) mass is 374 g/mol. The molecule has 6 heteroatoms. The highest BCUT2D eigenvalue weighted by molar-refractivity contribution is 6.04. The number of anilines is 1. The van der Waals surface area contributed by atoms with Crippen molar-refractivity contribution in [3.63, 3.8) is 0 Å². The summed E-state index contributed by atoms with van der Waals surface area (Å²) in [6.45, 7) is 2.48. The number of aromatic nitrogens is 2. The van der Waals surface area contributed by atoms with Gasteiger partial charge in [-0.05, 0) is 56.2 Å². The molecule has 28 heavy (non-hydrogen) atoms. The van der Waals surface area contributed by atoms with E-state index in [4.69, 9.17) is 0 Å². The first-order valence-electron chi connectivity index (χ1n) is 9.38. The van der Waals surface area contributed by atoms with Crippen LogP contribution in [0.15, 0.2) is 60.9 Å². The van der Waals surface area contributed by atoms with Crippen molar-refractivity contribution in [1.29, 1.82) is 0 Å². The molecule has 0 atom stereocenters. The molecule has 0 bridgehead atoms. The van der Waals surface area contributed by atoms with Crippen molar-refractivity contribution in [1.82, 2.24) is 15.1 Å². The molecule has 0 spiro atoms. The number of hydrogen-bond acceptors (Lipinski definition) is 3. The summed E-state index contributed by atoms with van der Waals surface area (Å²) in [4.78, 5) is 24.1. The van der Waals surface area contributed by atoms with Crippen molar-refractivity contribution in [2.75, 3.05) is 5.32 Å². The average Bonchev–Trinajstić information content (AvgIpc) is 3.46. The van der Waals surface area contributed by atoms with Gasteiger partial charge in [-0.15, -0.1) is 0 Å². The van der Waals surface area contributed by atoms with Crippen LogP contribution >= 0.6 is 0 Å². The molecular formula is C22H22N4O2. The van der Waals surface area contributed by atoms with E-state index >= 15 is 0 Å². The molecule has 1 heterocycles. The first-order valence-corrected chi connectivity index (χ1v) is 9.38. The van der Waals surface area contributed by atoms with Gasteiger partial charge in [0.15, 0.2) is 0 Å². The molecule has 142 valence electrons. The molecule has 2 amide bonds. The normalized spacial score (nSPS) is 13.2. The van der Waals surface area contributed by atoms with Gasteiger partial charge in [0, 0.05) is 35.5 Å². The van der Waals surface area contributed by atoms with E-state index in [1.807, 2.05) is 49.5 Å². The Labute approximate surface area is 163 Å². The first kappa shape index (κ1) is 18.0. The lowest BCUT2D eigenvalue weighted by atomic mass is 10.1. The summed E-state index contributed by atoms with van der Waals surface area (Å²) in [5.41, 5.74) is 4.29. The van der Waals surface area contributed by atoms with Crippen LogP contribution in [0.2, 0.25) is 0 Å². The Morgan fingerprint density at radius 3 is 2.46 bits per heavy atom. The van der Waals surface area contributed by atoms with E-state index < -0.39 is 0 Å². The number of carbonyl (C=O) groups excluding carboxylic acids is 2. The van der Waals surface area contributed by atoms with Gasteiger partial charge in [-0.2, -0.15) is 5.10 Å². The van der Waals surface area contributed by atoms with E-state index in [1.54, 1.807) is 23.0 Å². The van der Waals surface area contributed by atoms with E-state index in [0.717, 1.165) is 35.3 Å². The Morgan fingerprint density at radius 1 is 1.07 bits per heavy atom. The second-order valence-electron chi connectivity index (χ2n) is 7.15. The van der Waals surface area contributed by atoms with Gasteiger partial charge in [0.2, 0.25) is 5.91 Å². The molecule has 6 nitrogen and oxygen atoms in total. The quantitative estimate of drug-likeness (QED) is 0.694. The van der Waals surface area contributed by atoms with E-state index in [2.05, 4.69) is 15.7 Å². The number of carbonyl (C=O) groups is 2. The Hall–Kier alpha value is -3.41. The minimum atomic E-state index is -0.153. The topological polar surface area (TPSA) is 76.0 Å². The number of rotatable bonds is 6. The van der Waals surface area contributed by atoms with Crippen LogP contribution in [-0.2, 0) is 11.3 Å². The SMILES string of the molecule is Cc1ccc(NC(=O)c2ccc(-n3cc(CNC(=O)C4CC4)cn3)cc2)cc1. The standard InChI is InChI=1S/C22H22N4O2/c1-15-2-8-19(9-3-15)25-22(28)18-6-10-20(11-7-18)26-14-16(13-24-26)12-23-21(27)17-4-5-17/h2-3,6-11,13-14,17H,4-5,12H2,1H3,(H,23,27)(H,25,28). The van der Waals surface area contributed by atoms with Crippen LogP contribution in [0.3, 0.4) is 0 Å². The summed E-state index contributed by atoms with van der Waals surface area (Å²) >= 11 is 0. The van der Waals surface area contributed by atoms with Crippen LogP contribution in [0.25, 0.3) is 5.69 Å². The van der Waals surface area contributed by atoms with E-state index in [9.17, 15) is 9.59 Å². The number of nitrogens with one attached hydrogen (secondary N) is 2. The van der Waals surface area contributed by atoms with Crippen molar-refractivity contribution < 1.29 is 9.59 Å². The Morgan fingerprint density at radius 2 is 1.79 bits per heavy atom. The molecule has 2 N–H and O–H groups in total. The van der Waals surface area contributed by atoms with Crippen LogP contribution in [0.4, 0.5) is 5.69 Å². The summed E-state index contributed by atoms with van der Waals surface area (Å²) in [6.07, 6.45) is 5.61. The number of hydrogen-bond donors (Lipinski definition) is 2. The van der Waals surface area contributed by atoms with Gasteiger partial charge in [0.05, 0.1) is 11.9 Å². The molecule has 4 rings (SSSR count). The zero-order valence-electron chi connectivity index (χ0n) is 15.7. The molecule has 1 fully saturated rings. The molecule has 0 aliphatic heterocycles. The fourth-order valence-corrected chi connectivity index (χ4v) is 2.88. The van der Waals surface area contributed by atoms with E-state index in [1.165, 1.54) is 0 Å². The number of nitrogens with zero attached hydrogens (tertiary/aromatic N) is 2. The largest absolute Gasteiger partial charge is 0.352 e. The molecule has 0 saturated heterocycles. The molecule has 3 aromatic rings. The lowest BCUT2D eigenvalue weighted by Crippen LogP contribution is -2.23. The van der Waals surface area contributed by atoms with Crippen molar-refractivity contribution >= 4 is 17.5 Å². The number of benzene rings is 2. The van der Waals surface area contributed by atoms with Gasteiger partial charge in [0.25, 0.3) is 5.91 Å². The average molecular weight is 374 g/mol. The van der Waals surface area contributed by atoms with Gasteiger partial charge in [-0.1, -0.05) is 17.7 Å². The highest BCUT2D eigenvalue weighted by atomic mass is 16.2. The predicted molar refractivity (Wildman–Crippen MR) is 107 cm³/mol. The van der Waals surface area contributed by atoms with Crippen molar-refractivity contribution in [2.45, 2.75) is 26.3 Å². The van der Waals surface area contributed by atoms with Crippen molar-refractivity contribution in [3.8, 4) is 5.69 Å². The second kappa shape index (κ2) is 7.68. The smallest absolute Gasteiger partial charge is 0.255 e. The minimum absolute atomic E-state index is 0.122. The predicted octanol–water partition coefficient (Wildman–Crippen LogP) is 3.46. The summed E-state index contributed by atoms with van der Waals surface area (Å²) in [5, 5.41) is 10.2. The highest BCUT2D eigenvalue weighted by Gasteiger charge is 2.29. The molecule has 1 aromatic heterocycles. The second-order valence-corrected chi connectivity index (χ2v) is 7.15. The van der Waals surface area contributed by atoms with Gasteiger partial charge in [0.1, 0.15) is 0 Å². The Bertz CT molecular complexity index is 986. The molecule has 0 radical (unpaired) electrons. The summed E-state index contributed by atoms with van der Waals surface area (Å²) in [5.74, 6) is 0.171. The molecule has 1 aliphatic carbocycles. The lowest BCUT2D eigenvalue weighted by Gasteiger charge is -2.07. The minimum Gasteiger partial charge on any atom is -0.352 e. The van der Waals surface area contributed by atoms with Crippen LogP contribution in [0.1, 0.15) is 34.3 Å². The molecule has 1 aliphatic rings. The fraction of sp³-hybridized carbons (Fsp3) is 0.227. The molecule has 1 saturated carbocycles. The fourth-order valence-electron chi connectivity index (χ4n) is 2.88. The molecular weight excluding hydrogens is 352 g/mol. The molecule has 0 unspecified atom stereocenters. The Kier molecular flexibility index (Phi) is 4.93. The maximum atomic E-state index is 12.4. The van der Waals surface area contributed by atoms with Gasteiger partial charge in [-0.25, -0.2) is 4.68 Å². The number of amides is 2. The highest BCUT2D eigenvalue weighted by Crippen LogP contribution is 2.28. The maximum Gasteiger partial charge on any atom is 0.255 e. The third-order valence-electron chi connectivity index (χ3n) is 4.75. The Balaban J connectivity index is 1.38. The summed E-state index contributed by atoms with van der Waals surface area (Å²) in [7, 11) is 0. The summed E-state index contributed by atoms with van der Waals surface area (Å²) < 4.78 is 1.74. The van der Waals surface area contributed by atoms with Crippen LogP contribution < -0.4 is 10.6 Å². The van der Waals surface area contributed by atoms with E-state index in [-0.39, 0.29) is 17.7 Å². The van der Waals surface area contributed by atoms with Gasteiger partial charge < -0.3 is 10.6 Å². The zero-order valence-corrected chi connectivity index (χ0v) is 15.7. The van der Waals surface area contributed by atoms with Crippen LogP contribution in [0, 0.1) is 12.8 Å². The van der Waals surface area contributed by atoms with Crippen LogP contribution in [0.5, 0.6) is 0 Å². The third-order valence-corrected chi connectivity index (χ3v) is 4.75. The zero-order chi connectivity index (χ0) is 19.5. The van der Waals surface area contributed by atoms with Crippen LogP contribution in [-0.4, -0.2) is 21.6 Å². The van der Waals surface area contributed by atoms with Gasteiger partial charge in [-0.3, -0.25) is 9.59 Å². The number of aryl methyl sites for hydroxylation is 1. The molecule has 2 aromatic carbocycles. The third kappa shape index (κ3) is 4.28.